The summed E-state index contributed by atoms with van der Waals surface area (Å²) in [4.78, 5) is 40.2. The Labute approximate surface area is 149 Å². The summed E-state index contributed by atoms with van der Waals surface area (Å²) in [7, 11) is 0. The highest BCUT2D eigenvalue weighted by atomic mass is 16.5. The van der Waals surface area contributed by atoms with Crippen molar-refractivity contribution in [2.75, 3.05) is 13.2 Å². The second-order valence-corrected chi connectivity index (χ2v) is 6.67. The van der Waals surface area contributed by atoms with Gasteiger partial charge in [0, 0.05) is 19.6 Å². The van der Waals surface area contributed by atoms with Crippen LogP contribution in [-0.2, 0) is 20.9 Å². The summed E-state index contributed by atoms with van der Waals surface area (Å²) in [6, 6.07) is 5.40. The molecule has 0 radical (unpaired) electrons. The first-order chi connectivity index (χ1) is 12.4. The van der Waals surface area contributed by atoms with Crippen molar-refractivity contribution < 1.29 is 19.4 Å². The van der Waals surface area contributed by atoms with E-state index < -0.39 is 11.5 Å². The Morgan fingerprint density at radius 2 is 2.23 bits per heavy atom. The number of nitrogens with zero attached hydrogens (tertiary/aromatic N) is 2. The van der Waals surface area contributed by atoms with E-state index in [0.29, 0.717) is 23.9 Å². The van der Waals surface area contributed by atoms with Crippen LogP contribution in [-0.4, -0.2) is 45.3 Å². The number of rotatable bonds is 6. The maximum absolute atomic E-state index is 12.5. The van der Waals surface area contributed by atoms with E-state index in [9.17, 15) is 14.4 Å². The monoisotopic (exact) mass is 359 g/mol. The molecule has 2 heterocycles. The van der Waals surface area contributed by atoms with Gasteiger partial charge in [0.25, 0.3) is 5.56 Å². The third-order valence-electron chi connectivity index (χ3n) is 4.63. The summed E-state index contributed by atoms with van der Waals surface area (Å²) in [5.41, 5.74) is 0.506. The average Bonchev–Trinajstić information content (AvgIpc) is 3.02. The number of hydrogen-bond donors (Lipinski definition) is 2. The molecule has 26 heavy (non-hydrogen) atoms. The van der Waals surface area contributed by atoms with Crippen LogP contribution in [0.25, 0.3) is 10.9 Å². The molecule has 2 N–H and O–H groups in total. The van der Waals surface area contributed by atoms with Gasteiger partial charge in [0.1, 0.15) is 0 Å². The number of hydrogen-bond acceptors (Lipinski definition) is 5. The number of nitrogens with one attached hydrogen (secondary N) is 1. The minimum atomic E-state index is -0.985. The van der Waals surface area contributed by atoms with E-state index in [4.69, 9.17) is 9.84 Å². The highest BCUT2D eigenvalue weighted by molar-refractivity contribution is 5.80. The summed E-state index contributed by atoms with van der Waals surface area (Å²) in [5, 5.41) is 12.4. The fourth-order valence-corrected chi connectivity index (χ4v) is 3.26. The van der Waals surface area contributed by atoms with Gasteiger partial charge < -0.3 is 15.2 Å². The third-order valence-corrected chi connectivity index (χ3v) is 4.63. The summed E-state index contributed by atoms with van der Waals surface area (Å²) < 4.78 is 6.66. The first-order valence-electron chi connectivity index (χ1n) is 8.45. The van der Waals surface area contributed by atoms with Crippen molar-refractivity contribution in [3.05, 3.63) is 40.4 Å². The topological polar surface area (TPSA) is 111 Å². The lowest BCUT2D eigenvalue weighted by Gasteiger charge is -2.27. The van der Waals surface area contributed by atoms with Crippen molar-refractivity contribution in [2.45, 2.75) is 38.3 Å². The first-order valence-corrected chi connectivity index (χ1v) is 8.45. The van der Waals surface area contributed by atoms with Crippen molar-refractivity contribution >= 4 is 22.8 Å². The van der Waals surface area contributed by atoms with Crippen LogP contribution in [0.2, 0.25) is 0 Å². The highest BCUT2D eigenvalue weighted by Crippen LogP contribution is 2.23. The van der Waals surface area contributed by atoms with E-state index in [2.05, 4.69) is 10.3 Å². The van der Waals surface area contributed by atoms with E-state index >= 15 is 0 Å². The number of carboxylic acid groups (broad SMARTS) is 1. The standard InChI is InChI=1S/C18H21N3O5/c1-12-3-2-4-13-16(12)19-11-21(17(13)25)7-5-14(22)20-18(9-15(23)24)6-8-26-10-18/h2-4,11H,5-10H2,1H3,(H,20,22)(H,23,24). The molecule has 1 fully saturated rings. The summed E-state index contributed by atoms with van der Waals surface area (Å²) >= 11 is 0. The Hall–Kier alpha value is -2.74. The molecular formula is C18H21N3O5. The van der Waals surface area contributed by atoms with Crippen LogP contribution in [0.15, 0.2) is 29.3 Å². The first kappa shape index (κ1) is 18.1. The van der Waals surface area contributed by atoms with Gasteiger partial charge in [-0.1, -0.05) is 12.1 Å². The quantitative estimate of drug-likeness (QED) is 0.791. The SMILES string of the molecule is Cc1cccc2c(=O)n(CCC(=O)NC3(CC(=O)O)CCOC3)cnc12. The predicted molar refractivity (Wildman–Crippen MR) is 93.9 cm³/mol. The van der Waals surface area contributed by atoms with Crippen LogP contribution in [0.3, 0.4) is 0 Å². The molecule has 0 aliphatic carbocycles. The van der Waals surface area contributed by atoms with Gasteiger partial charge in [0.05, 0.1) is 35.8 Å². The molecule has 8 nitrogen and oxygen atoms in total. The fourth-order valence-electron chi connectivity index (χ4n) is 3.26. The van der Waals surface area contributed by atoms with Crippen LogP contribution in [0.5, 0.6) is 0 Å². The number of aliphatic carboxylic acids is 1. The van der Waals surface area contributed by atoms with E-state index in [0.717, 1.165) is 5.56 Å². The van der Waals surface area contributed by atoms with Crippen molar-refractivity contribution in [1.82, 2.24) is 14.9 Å². The van der Waals surface area contributed by atoms with Gasteiger partial charge >= 0.3 is 5.97 Å². The molecule has 1 amide bonds. The van der Waals surface area contributed by atoms with Crippen molar-refractivity contribution in [3.8, 4) is 0 Å². The number of aromatic nitrogens is 2. The van der Waals surface area contributed by atoms with Gasteiger partial charge in [-0.2, -0.15) is 0 Å². The zero-order chi connectivity index (χ0) is 18.7. The maximum Gasteiger partial charge on any atom is 0.305 e. The lowest BCUT2D eigenvalue weighted by Crippen LogP contribution is -2.50. The predicted octanol–water partition coefficient (Wildman–Crippen LogP) is 0.845. The molecule has 2 aromatic rings. The van der Waals surface area contributed by atoms with Crippen molar-refractivity contribution in [2.24, 2.45) is 0 Å². The lowest BCUT2D eigenvalue weighted by molar-refractivity contribution is -0.139. The van der Waals surface area contributed by atoms with E-state index in [1.807, 2.05) is 13.0 Å². The van der Waals surface area contributed by atoms with Crippen molar-refractivity contribution in [3.63, 3.8) is 0 Å². The Morgan fingerprint density at radius 3 is 2.92 bits per heavy atom. The highest BCUT2D eigenvalue weighted by Gasteiger charge is 2.38. The molecule has 1 aliphatic heterocycles. The number of carboxylic acids is 1. The molecule has 1 aliphatic rings. The molecule has 1 atom stereocenters. The van der Waals surface area contributed by atoms with E-state index in [1.54, 1.807) is 12.1 Å². The Morgan fingerprint density at radius 1 is 1.42 bits per heavy atom. The molecule has 1 aromatic carbocycles. The summed E-state index contributed by atoms with van der Waals surface area (Å²) in [6.07, 6.45) is 1.77. The number of aryl methyl sites for hydroxylation is 2. The molecular weight excluding hydrogens is 338 g/mol. The van der Waals surface area contributed by atoms with E-state index in [-0.39, 0.29) is 37.5 Å². The van der Waals surface area contributed by atoms with Gasteiger partial charge in [0.2, 0.25) is 5.91 Å². The molecule has 1 aromatic heterocycles. The van der Waals surface area contributed by atoms with Gasteiger partial charge in [-0.3, -0.25) is 19.0 Å². The number of amides is 1. The van der Waals surface area contributed by atoms with Gasteiger partial charge in [-0.05, 0) is 25.0 Å². The Balaban J connectivity index is 1.70. The van der Waals surface area contributed by atoms with Gasteiger partial charge in [-0.15, -0.1) is 0 Å². The third kappa shape index (κ3) is 3.75. The van der Waals surface area contributed by atoms with Crippen LogP contribution < -0.4 is 10.9 Å². The zero-order valence-electron chi connectivity index (χ0n) is 14.5. The lowest BCUT2D eigenvalue weighted by atomic mass is 9.94. The largest absolute Gasteiger partial charge is 0.481 e. The molecule has 1 unspecified atom stereocenters. The second-order valence-electron chi connectivity index (χ2n) is 6.67. The maximum atomic E-state index is 12.5. The number of carbonyl (C=O) groups excluding carboxylic acids is 1. The number of carbonyl (C=O) groups is 2. The van der Waals surface area contributed by atoms with Gasteiger partial charge in [-0.25, -0.2) is 4.98 Å². The Bertz CT molecular complexity index is 899. The minimum absolute atomic E-state index is 0.0558. The number of ether oxygens (including phenoxy) is 1. The molecule has 0 bridgehead atoms. The summed E-state index contributed by atoms with van der Waals surface area (Å²) in [5.74, 6) is -1.30. The van der Waals surface area contributed by atoms with Crippen LogP contribution in [0.4, 0.5) is 0 Å². The van der Waals surface area contributed by atoms with Gasteiger partial charge in [0.15, 0.2) is 0 Å². The fraction of sp³-hybridized carbons (Fsp3) is 0.444. The minimum Gasteiger partial charge on any atom is -0.481 e. The normalized spacial score (nSPS) is 19.6. The molecule has 0 spiro atoms. The second kappa shape index (κ2) is 7.25. The van der Waals surface area contributed by atoms with Crippen LogP contribution >= 0.6 is 0 Å². The average molecular weight is 359 g/mol. The Kier molecular flexibility index (Phi) is 5.03. The van der Waals surface area contributed by atoms with Crippen LogP contribution in [0.1, 0.15) is 24.8 Å². The molecule has 138 valence electrons. The van der Waals surface area contributed by atoms with E-state index in [1.165, 1.54) is 10.9 Å². The molecule has 1 saturated heterocycles. The number of benzene rings is 1. The number of para-hydroxylation sites is 1. The number of fused-ring (bicyclic) bond motifs is 1. The summed E-state index contributed by atoms with van der Waals surface area (Å²) in [6.45, 7) is 2.66. The molecule has 8 heteroatoms. The zero-order valence-corrected chi connectivity index (χ0v) is 14.5. The molecule has 0 saturated carbocycles. The van der Waals surface area contributed by atoms with Crippen LogP contribution in [0, 0.1) is 6.92 Å². The molecule has 3 rings (SSSR count). The smallest absolute Gasteiger partial charge is 0.305 e. The van der Waals surface area contributed by atoms with Crippen molar-refractivity contribution in [1.29, 1.82) is 0 Å².